The van der Waals surface area contributed by atoms with Crippen molar-refractivity contribution in [1.82, 2.24) is 0 Å². The van der Waals surface area contributed by atoms with Gasteiger partial charge in [-0.1, -0.05) is 19.8 Å². The molecule has 0 aliphatic rings. The summed E-state index contributed by atoms with van der Waals surface area (Å²) in [5.74, 6) is 2.62. The molecule has 1 heteroatoms. The number of nitrogens with two attached hydrogens (primary N) is 1. The van der Waals surface area contributed by atoms with Crippen molar-refractivity contribution in [3.8, 4) is 12.3 Å². The number of unbranched alkanes of at least 4 members (excludes halogenated alkanes) is 2. The maximum Gasteiger partial charge on any atom is 0.00866 e. The highest BCUT2D eigenvalue weighted by Gasteiger charge is 1.99. The third kappa shape index (κ3) is 7.42. The Hall–Kier alpha value is -0.480. The van der Waals surface area contributed by atoms with Gasteiger partial charge in [-0.2, -0.15) is 0 Å². The van der Waals surface area contributed by atoms with Crippen LogP contribution in [0.4, 0.5) is 0 Å². The second kappa shape index (κ2) is 7.63. The predicted octanol–water partition coefficient (Wildman–Crippen LogP) is 2.31. The van der Waals surface area contributed by atoms with E-state index in [4.69, 9.17) is 12.2 Å². The zero-order chi connectivity index (χ0) is 8.53. The summed E-state index contributed by atoms with van der Waals surface area (Å²) in [6.45, 7) is 2.19. The van der Waals surface area contributed by atoms with Crippen LogP contribution in [0.1, 0.15) is 45.4 Å². The average molecular weight is 153 g/mol. The highest BCUT2D eigenvalue weighted by Crippen LogP contribution is 2.05. The highest BCUT2D eigenvalue weighted by molar-refractivity contribution is 4.83. The summed E-state index contributed by atoms with van der Waals surface area (Å²) in [6, 6.07) is 0.378. The topological polar surface area (TPSA) is 26.0 Å². The van der Waals surface area contributed by atoms with Gasteiger partial charge in [0, 0.05) is 12.5 Å². The van der Waals surface area contributed by atoms with E-state index in [1.54, 1.807) is 0 Å². The van der Waals surface area contributed by atoms with Crippen LogP contribution in [0.3, 0.4) is 0 Å². The summed E-state index contributed by atoms with van der Waals surface area (Å²) in [5, 5.41) is 0. The zero-order valence-electron chi connectivity index (χ0n) is 7.47. The molecule has 0 aromatic carbocycles. The Kier molecular flexibility index (Phi) is 7.29. The van der Waals surface area contributed by atoms with Crippen molar-refractivity contribution in [1.29, 1.82) is 0 Å². The van der Waals surface area contributed by atoms with Crippen molar-refractivity contribution in [2.45, 2.75) is 51.5 Å². The van der Waals surface area contributed by atoms with Crippen LogP contribution in [-0.2, 0) is 0 Å². The lowest BCUT2D eigenvalue weighted by molar-refractivity contribution is 0.527. The van der Waals surface area contributed by atoms with Gasteiger partial charge in [-0.15, -0.1) is 12.3 Å². The quantitative estimate of drug-likeness (QED) is 0.460. The molecule has 0 rings (SSSR count). The van der Waals surface area contributed by atoms with Gasteiger partial charge in [-0.25, -0.2) is 0 Å². The average Bonchev–Trinajstić information content (AvgIpc) is 2.01. The van der Waals surface area contributed by atoms with Gasteiger partial charge >= 0.3 is 0 Å². The van der Waals surface area contributed by atoms with Gasteiger partial charge in [-0.05, 0) is 19.3 Å². The fraction of sp³-hybridized carbons (Fsp3) is 0.800. The molecule has 1 atom stereocenters. The molecule has 1 nitrogen and oxygen atoms in total. The maximum atomic E-state index is 5.83. The molecule has 11 heavy (non-hydrogen) atoms. The Bertz CT molecular complexity index is 113. The minimum atomic E-state index is 0.378. The Balaban J connectivity index is 3.10. The Morgan fingerprint density at radius 2 is 2.00 bits per heavy atom. The number of hydrogen-bond donors (Lipinski definition) is 1. The summed E-state index contributed by atoms with van der Waals surface area (Å²) in [5.41, 5.74) is 5.83. The number of hydrogen-bond acceptors (Lipinski definition) is 1. The van der Waals surface area contributed by atoms with Crippen LogP contribution in [-0.4, -0.2) is 6.04 Å². The molecular formula is C10H19N. The highest BCUT2D eigenvalue weighted by atomic mass is 14.6. The first-order valence-corrected chi connectivity index (χ1v) is 4.50. The predicted molar refractivity (Wildman–Crippen MR) is 50.2 cm³/mol. The van der Waals surface area contributed by atoms with Crippen LogP contribution in [0.25, 0.3) is 0 Å². The van der Waals surface area contributed by atoms with E-state index in [0.717, 1.165) is 25.7 Å². The summed E-state index contributed by atoms with van der Waals surface area (Å²) in [4.78, 5) is 0. The van der Waals surface area contributed by atoms with E-state index >= 15 is 0 Å². The molecule has 0 spiro atoms. The van der Waals surface area contributed by atoms with Crippen LogP contribution in [0, 0.1) is 12.3 Å². The smallest absolute Gasteiger partial charge is 0.00866 e. The number of terminal acetylenes is 1. The molecule has 0 aliphatic carbocycles. The first-order chi connectivity index (χ1) is 5.31. The third-order valence-electron chi connectivity index (χ3n) is 1.82. The minimum Gasteiger partial charge on any atom is -0.328 e. The van der Waals surface area contributed by atoms with Crippen LogP contribution < -0.4 is 5.73 Å². The van der Waals surface area contributed by atoms with Crippen LogP contribution in [0.15, 0.2) is 0 Å². The van der Waals surface area contributed by atoms with Crippen molar-refractivity contribution < 1.29 is 0 Å². The van der Waals surface area contributed by atoms with Gasteiger partial charge < -0.3 is 5.73 Å². The van der Waals surface area contributed by atoms with E-state index in [1.807, 2.05) is 0 Å². The standard InChI is InChI=1S/C10H19N/c1-3-5-7-9-10(11)8-6-4-2/h1,10H,4-9,11H2,2H3. The summed E-state index contributed by atoms with van der Waals surface area (Å²) in [6.07, 6.45) is 11.8. The van der Waals surface area contributed by atoms with Crippen LogP contribution >= 0.6 is 0 Å². The Labute approximate surface area is 70.4 Å². The lowest BCUT2D eigenvalue weighted by Gasteiger charge is -2.08. The van der Waals surface area contributed by atoms with E-state index in [-0.39, 0.29) is 0 Å². The summed E-state index contributed by atoms with van der Waals surface area (Å²) < 4.78 is 0. The third-order valence-corrected chi connectivity index (χ3v) is 1.82. The molecule has 0 heterocycles. The number of rotatable bonds is 6. The molecule has 0 saturated carbocycles. The molecule has 1 unspecified atom stereocenters. The monoisotopic (exact) mass is 153 g/mol. The minimum absolute atomic E-state index is 0.378. The molecule has 0 aliphatic heterocycles. The van der Waals surface area contributed by atoms with Crippen LogP contribution in [0.5, 0.6) is 0 Å². The summed E-state index contributed by atoms with van der Waals surface area (Å²) in [7, 11) is 0. The molecule has 0 saturated heterocycles. The van der Waals surface area contributed by atoms with Crippen molar-refractivity contribution in [2.75, 3.05) is 0 Å². The van der Waals surface area contributed by atoms with E-state index in [9.17, 15) is 0 Å². The van der Waals surface area contributed by atoms with E-state index in [2.05, 4.69) is 12.8 Å². The van der Waals surface area contributed by atoms with Gasteiger partial charge in [0.1, 0.15) is 0 Å². The van der Waals surface area contributed by atoms with Gasteiger partial charge in [-0.3, -0.25) is 0 Å². The maximum absolute atomic E-state index is 5.83. The zero-order valence-corrected chi connectivity index (χ0v) is 7.47. The molecule has 0 bridgehead atoms. The van der Waals surface area contributed by atoms with Crippen molar-refractivity contribution in [3.05, 3.63) is 0 Å². The molecule has 0 radical (unpaired) electrons. The normalized spacial score (nSPS) is 12.5. The molecular weight excluding hydrogens is 134 g/mol. The van der Waals surface area contributed by atoms with Gasteiger partial charge in [0.2, 0.25) is 0 Å². The van der Waals surface area contributed by atoms with Crippen molar-refractivity contribution in [3.63, 3.8) is 0 Å². The first-order valence-electron chi connectivity index (χ1n) is 4.50. The van der Waals surface area contributed by atoms with Crippen molar-refractivity contribution >= 4 is 0 Å². The van der Waals surface area contributed by atoms with Crippen molar-refractivity contribution in [2.24, 2.45) is 5.73 Å². The SMILES string of the molecule is C#CCCCC(N)CCCC. The second-order valence-corrected chi connectivity index (χ2v) is 3.00. The molecule has 0 aromatic rings. The van der Waals surface area contributed by atoms with Gasteiger partial charge in [0.25, 0.3) is 0 Å². The lowest BCUT2D eigenvalue weighted by Crippen LogP contribution is -2.19. The van der Waals surface area contributed by atoms with E-state index in [0.29, 0.717) is 6.04 Å². The largest absolute Gasteiger partial charge is 0.328 e. The lowest BCUT2D eigenvalue weighted by atomic mass is 10.0. The molecule has 2 N–H and O–H groups in total. The Morgan fingerprint density at radius 1 is 1.36 bits per heavy atom. The summed E-state index contributed by atoms with van der Waals surface area (Å²) >= 11 is 0. The fourth-order valence-corrected chi connectivity index (χ4v) is 1.08. The second-order valence-electron chi connectivity index (χ2n) is 3.00. The van der Waals surface area contributed by atoms with E-state index < -0.39 is 0 Å². The Morgan fingerprint density at radius 3 is 2.55 bits per heavy atom. The molecule has 0 fully saturated rings. The molecule has 64 valence electrons. The van der Waals surface area contributed by atoms with E-state index in [1.165, 1.54) is 12.8 Å². The molecule has 0 aromatic heterocycles. The molecule has 0 amide bonds. The van der Waals surface area contributed by atoms with Gasteiger partial charge in [0.15, 0.2) is 0 Å². The van der Waals surface area contributed by atoms with Gasteiger partial charge in [0.05, 0.1) is 0 Å². The fourth-order valence-electron chi connectivity index (χ4n) is 1.08. The van der Waals surface area contributed by atoms with Crippen LogP contribution in [0.2, 0.25) is 0 Å². The first kappa shape index (κ1) is 10.5.